The van der Waals surface area contributed by atoms with Crippen molar-refractivity contribution in [3.63, 3.8) is 0 Å². The van der Waals surface area contributed by atoms with Crippen molar-refractivity contribution in [3.8, 4) is 11.6 Å². The molecule has 0 atom stereocenters. The fourth-order valence-corrected chi connectivity index (χ4v) is 4.77. The van der Waals surface area contributed by atoms with Gasteiger partial charge in [-0.05, 0) is 38.8 Å². The molecule has 28 heavy (non-hydrogen) atoms. The van der Waals surface area contributed by atoms with E-state index < -0.39 is 21.7 Å². The molecule has 0 saturated heterocycles. The molecular weight excluding hydrogens is 390 g/mol. The first-order chi connectivity index (χ1) is 13.3. The molecule has 1 fully saturated rings. The summed E-state index contributed by atoms with van der Waals surface area (Å²) in [5, 5.41) is 8.10. The predicted octanol–water partition coefficient (Wildman–Crippen LogP) is 4.03. The van der Waals surface area contributed by atoms with Gasteiger partial charge in [0.25, 0.3) is 15.9 Å². The Hall–Kier alpha value is -2.75. The molecule has 148 valence electrons. The van der Waals surface area contributed by atoms with Gasteiger partial charge in [-0.25, -0.2) is 17.2 Å². The molecule has 0 amide bonds. The lowest BCUT2D eigenvalue weighted by atomic mass is 9.85. The Morgan fingerprint density at radius 1 is 1.18 bits per heavy atom. The van der Waals surface area contributed by atoms with Crippen molar-refractivity contribution in [3.05, 3.63) is 47.0 Å². The summed E-state index contributed by atoms with van der Waals surface area (Å²) >= 11 is 0. The first-order valence-electron chi connectivity index (χ1n) is 8.77. The maximum absolute atomic E-state index is 13.4. The van der Waals surface area contributed by atoms with Crippen LogP contribution in [0.25, 0.3) is 11.6 Å². The third kappa shape index (κ3) is 3.17. The van der Waals surface area contributed by atoms with E-state index in [1.807, 2.05) is 0 Å². The Morgan fingerprint density at radius 2 is 1.93 bits per heavy atom. The van der Waals surface area contributed by atoms with E-state index in [9.17, 15) is 17.2 Å². The molecule has 0 unspecified atom stereocenters. The first-order valence-corrected chi connectivity index (χ1v) is 10.3. The zero-order valence-electron chi connectivity index (χ0n) is 15.2. The van der Waals surface area contributed by atoms with E-state index in [1.54, 1.807) is 13.8 Å². The number of aryl methyl sites for hydroxylation is 1. The molecule has 1 aromatic carbocycles. The van der Waals surface area contributed by atoms with Gasteiger partial charge in [0, 0.05) is 23.2 Å². The van der Waals surface area contributed by atoms with Crippen molar-refractivity contribution in [2.24, 2.45) is 0 Å². The Balaban J connectivity index is 1.67. The fourth-order valence-electron chi connectivity index (χ4n) is 3.27. The largest absolute Gasteiger partial charge is 0.419 e. The van der Waals surface area contributed by atoms with Gasteiger partial charge in [-0.2, -0.15) is 0 Å². The maximum atomic E-state index is 13.4. The highest BCUT2D eigenvalue weighted by molar-refractivity contribution is 7.92. The monoisotopic (exact) mass is 408 g/mol. The van der Waals surface area contributed by atoms with E-state index >= 15 is 0 Å². The van der Waals surface area contributed by atoms with E-state index in [2.05, 4.69) is 19.9 Å². The second-order valence-electron chi connectivity index (χ2n) is 6.89. The fraction of sp³-hybridized carbons (Fsp3) is 0.333. The van der Waals surface area contributed by atoms with Gasteiger partial charge in [0.2, 0.25) is 5.89 Å². The van der Waals surface area contributed by atoms with E-state index in [0.29, 0.717) is 22.8 Å². The molecule has 2 aromatic heterocycles. The minimum atomic E-state index is -4.05. The number of nitrogens with zero attached hydrogens (tertiary/aromatic N) is 2. The van der Waals surface area contributed by atoms with Gasteiger partial charge in [-0.15, -0.1) is 10.2 Å². The zero-order valence-corrected chi connectivity index (χ0v) is 16.0. The van der Waals surface area contributed by atoms with Gasteiger partial charge in [0.05, 0.1) is 5.69 Å². The number of hydrogen-bond donors (Lipinski definition) is 2. The molecule has 2 N–H and O–H groups in total. The Labute approximate surface area is 160 Å². The van der Waals surface area contributed by atoms with Crippen molar-refractivity contribution in [2.45, 2.75) is 43.9 Å². The van der Waals surface area contributed by atoms with Crippen molar-refractivity contribution in [1.82, 2.24) is 15.2 Å². The second kappa shape index (κ2) is 6.69. The van der Waals surface area contributed by atoms with E-state index in [1.165, 1.54) is 0 Å². The van der Waals surface area contributed by atoms with Gasteiger partial charge in [-0.1, -0.05) is 6.42 Å². The molecule has 1 aliphatic carbocycles. The summed E-state index contributed by atoms with van der Waals surface area (Å²) in [6.07, 6.45) is 3.13. The summed E-state index contributed by atoms with van der Waals surface area (Å²) in [5.74, 6) is -1.17. The molecule has 4 rings (SSSR count). The number of sulfonamides is 1. The smallest absolute Gasteiger partial charge is 0.264 e. The number of rotatable bonds is 5. The normalized spacial score (nSPS) is 14.9. The minimum Gasteiger partial charge on any atom is -0.419 e. The SMILES string of the molecule is Cc1[nH]c(-c2nnc(C3CCC3)o2)c(C)c1S(=O)(=O)Nc1ccc(F)c(F)c1. The summed E-state index contributed by atoms with van der Waals surface area (Å²) in [5.41, 5.74) is 1.11. The molecule has 0 spiro atoms. The number of halogens is 2. The van der Waals surface area contributed by atoms with Crippen LogP contribution in [0.2, 0.25) is 0 Å². The lowest BCUT2D eigenvalue weighted by Crippen LogP contribution is -2.14. The molecule has 1 saturated carbocycles. The van der Waals surface area contributed by atoms with E-state index in [0.717, 1.165) is 37.5 Å². The highest BCUT2D eigenvalue weighted by atomic mass is 32.2. The topological polar surface area (TPSA) is 101 Å². The quantitative estimate of drug-likeness (QED) is 0.664. The lowest BCUT2D eigenvalue weighted by molar-refractivity contribution is 0.338. The summed E-state index contributed by atoms with van der Waals surface area (Å²) in [6, 6.07) is 2.79. The molecule has 0 bridgehead atoms. The highest BCUT2D eigenvalue weighted by Crippen LogP contribution is 2.37. The Morgan fingerprint density at radius 3 is 2.57 bits per heavy atom. The van der Waals surface area contributed by atoms with Crippen LogP contribution in [0.1, 0.15) is 42.3 Å². The van der Waals surface area contributed by atoms with Gasteiger partial charge in [-0.3, -0.25) is 4.72 Å². The second-order valence-corrected chi connectivity index (χ2v) is 8.51. The van der Waals surface area contributed by atoms with Crippen LogP contribution >= 0.6 is 0 Å². The van der Waals surface area contributed by atoms with Crippen molar-refractivity contribution in [2.75, 3.05) is 4.72 Å². The lowest BCUT2D eigenvalue weighted by Gasteiger charge is -2.20. The van der Waals surface area contributed by atoms with Crippen LogP contribution in [0.15, 0.2) is 27.5 Å². The number of H-pyrrole nitrogens is 1. The van der Waals surface area contributed by atoms with Crippen LogP contribution in [-0.4, -0.2) is 23.6 Å². The van der Waals surface area contributed by atoms with Crippen LogP contribution in [-0.2, 0) is 10.0 Å². The molecule has 7 nitrogen and oxygen atoms in total. The molecule has 2 heterocycles. The Bertz CT molecular complexity index is 1150. The van der Waals surface area contributed by atoms with E-state index in [4.69, 9.17) is 4.42 Å². The van der Waals surface area contributed by atoms with Crippen LogP contribution < -0.4 is 4.72 Å². The van der Waals surface area contributed by atoms with Gasteiger partial charge >= 0.3 is 0 Å². The summed E-state index contributed by atoms with van der Waals surface area (Å²) < 4.78 is 60.2. The average molecular weight is 408 g/mol. The standard InChI is InChI=1S/C18H18F2N4O3S/c1-9-15(18-23-22-17(27-18)11-4-3-5-11)21-10(2)16(9)28(25,26)24-12-6-7-13(19)14(20)8-12/h6-8,11,21,24H,3-5H2,1-2H3. The third-order valence-electron chi connectivity index (χ3n) is 4.92. The third-order valence-corrected chi connectivity index (χ3v) is 6.57. The van der Waals surface area contributed by atoms with Crippen LogP contribution in [0.5, 0.6) is 0 Å². The molecule has 3 aromatic rings. The predicted molar refractivity (Wildman–Crippen MR) is 97.3 cm³/mol. The average Bonchev–Trinajstić information content (AvgIpc) is 3.14. The molecule has 10 heteroatoms. The minimum absolute atomic E-state index is 0.00405. The van der Waals surface area contributed by atoms with Crippen molar-refractivity contribution in [1.29, 1.82) is 0 Å². The molecular formula is C18H18F2N4O3S. The number of nitrogens with one attached hydrogen (secondary N) is 2. The van der Waals surface area contributed by atoms with Crippen molar-refractivity contribution >= 4 is 15.7 Å². The number of benzene rings is 1. The molecule has 0 radical (unpaired) electrons. The maximum Gasteiger partial charge on any atom is 0.264 e. The highest BCUT2D eigenvalue weighted by Gasteiger charge is 2.29. The van der Waals surface area contributed by atoms with Crippen molar-refractivity contribution < 1.29 is 21.6 Å². The first kappa shape index (κ1) is 18.6. The number of aromatic nitrogens is 3. The summed E-state index contributed by atoms with van der Waals surface area (Å²) in [7, 11) is -4.05. The number of anilines is 1. The number of hydrogen-bond acceptors (Lipinski definition) is 5. The molecule has 0 aliphatic heterocycles. The summed E-state index contributed by atoms with van der Waals surface area (Å²) in [6.45, 7) is 3.21. The summed E-state index contributed by atoms with van der Waals surface area (Å²) in [4.78, 5) is 2.98. The zero-order chi connectivity index (χ0) is 20.1. The van der Waals surface area contributed by atoms with Crippen LogP contribution in [0, 0.1) is 25.5 Å². The van der Waals surface area contributed by atoms with Gasteiger partial charge < -0.3 is 9.40 Å². The van der Waals surface area contributed by atoms with Crippen LogP contribution in [0.4, 0.5) is 14.5 Å². The molecule has 1 aliphatic rings. The Kier molecular flexibility index (Phi) is 4.45. The number of aromatic amines is 1. The van der Waals surface area contributed by atoms with Gasteiger partial charge in [0.1, 0.15) is 10.6 Å². The van der Waals surface area contributed by atoms with Gasteiger partial charge in [0.15, 0.2) is 11.6 Å². The van der Waals surface area contributed by atoms with E-state index in [-0.39, 0.29) is 22.4 Å². The van der Waals surface area contributed by atoms with Crippen LogP contribution in [0.3, 0.4) is 0 Å².